The minimum Gasteiger partial charge on any atom is -0.405 e. The van der Waals surface area contributed by atoms with Gasteiger partial charge in [0.25, 0.3) is 0 Å². The summed E-state index contributed by atoms with van der Waals surface area (Å²) in [5.41, 5.74) is 6.98. The molecule has 1 aromatic carbocycles. The van der Waals surface area contributed by atoms with Crippen molar-refractivity contribution in [3.05, 3.63) is 41.6 Å². The van der Waals surface area contributed by atoms with Crippen LogP contribution in [0, 0.1) is 28.6 Å². The molecular formula is C24H31F3N6O. The maximum Gasteiger partial charge on any atom is 0.573 e. The van der Waals surface area contributed by atoms with Crippen molar-refractivity contribution in [3.8, 4) is 11.8 Å². The highest BCUT2D eigenvalue weighted by Crippen LogP contribution is 2.42. The minimum absolute atomic E-state index is 0.00486. The Kier molecular flexibility index (Phi) is 7.87. The number of hydrogen-bond donors (Lipinski definition) is 3. The number of nitrogens with two attached hydrogens (primary N) is 1. The van der Waals surface area contributed by atoms with Crippen molar-refractivity contribution < 1.29 is 17.9 Å². The van der Waals surface area contributed by atoms with Gasteiger partial charge >= 0.3 is 6.36 Å². The Labute approximate surface area is 197 Å². The summed E-state index contributed by atoms with van der Waals surface area (Å²) in [4.78, 5) is 8.53. The second-order valence-electron chi connectivity index (χ2n) is 9.37. The fourth-order valence-corrected chi connectivity index (χ4v) is 4.82. The molecule has 34 heavy (non-hydrogen) atoms. The molecule has 0 bridgehead atoms. The summed E-state index contributed by atoms with van der Waals surface area (Å²) >= 11 is 0. The summed E-state index contributed by atoms with van der Waals surface area (Å²) < 4.78 is 42.1. The Bertz CT molecular complexity index is 1020. The lowest BCUT2D eigenvalue weighted by Gasteiger charge is -2.45. The molecule has 1 heterocycles. The van der Waals surface area contributed by atoms with Gasteiger partial charge in [0.2, 0.25) is 5.95 Å². The normalized spacial score (nSPS) is 24.8. The van der Waals surface area contributed by atoms with E-state index in [0.717, 1.165) is 19.3 Å². The molecule has 1 aliphatic rings. The third-order valence-electron chi connectivity index (χ3n) is 6.52. The van der Waals surface area contributed by atoms with Crippen LogP contribution in [0.25, 0.3) is 0 Å². The van der Waals surface area contributed by atoms with Crippen LogP contribution in [0.15, 0.2) is 30.5 Å². The van der Waals surface area contributed by atoms with Gasteiger partial charge in [-0.25, -0.2) is 4.98 Å². The predicted octanol–water partition coefficient (Wildman–Crippen LogP) is 5.06. The number of nitriles is 1. The van der Waals surface area contributed by atoms with Gasteiger partial charge in [0.15, 0.2) is 0 Å². The van der Waals surface area contributed by atoms with E-state index < -0.39 is 6.36 Å². The Balaban J connectivity index is 1.71. The van der Waals surface area contributed by atoms with Gasteiger partial charge in [0, 0.05) is 24.7 Å². The van der Waals surface area contributed by atoms with Crippen LogP contribution in [0.2, 0.25) is 0 Å². The van der Waals surface area contributed by atoms with E-state index in [2.05, 4.69) is 52.2 Å². The van der Waals surface area contributed by atoms with E-state index in [-0.39, 0.29) is 29.7 Å². The van der Waals surface area contributed by atoms with E-state index in [1.165, 1.54) is 24.4 Å². The SMILES string of the molecule is CC[C@H]1C[C@](C)(CNc2nc(NCc3ccccc3OC(F)(F)F)ncc2C#N)C[C@@H](C)[C@@H]1N. The van der Waals surface area contributed by atoms with Crippen molar-refractivity contribution >= 4 is 11.8 Å². The van der Waals surface area contributed by atoms with Crippen molar-refractivity contribution in [1.29, 1.82) is 5.26 Å². The number of nitrogens with zero attached hydrogens (tertiary/aromatic N) is 3. The van der Waals surface area contributed by atoms with Crippen LogP contribution in [0.1, 0.15) is 51.2 Å². The molecule has 4 atom stereocenters. The topological polar surface area (TPSA) is 109 Å². The lowest BCUT2D eigenvalue weighted by atomic mass is 9.64. The zero-order valence-corrected chi connectivity index (χ0v) is 19.6. The van der Waals surface area contributed by atoms with Gasteiger partial charge in [0.1, 0.15) is 23.2 Å². The first kappa shape index (κ1) is 25.6. The van der Waals surface area contributed by atoms with Crippen molar-refractivity contribution in [1.82, 2.24) is 9.97 Å². The molecule has 2 aromatic rings. The number of para-hydroxylation sites is 1. The van der Waals surface area contributed by atoms with Crippen LogP contribution >= 0.6 is 0 Å². The van der Waals surface area contributed by atoms with Gasteiger partial charge in [-0.3, -0.25) is 0 Å². The smallest absolute Gasteiger partial charge is 0.405 e. The lowest BCUT2D eigenvalue weighted by Crippen LogP contribution is -2.47. The largest absolute Gasteiger partial charge is 0.573 e. The minimum atomic E-state index is -4.79. The van der Waals surface area contributed by atoms with E-state index in [9.17, 15) is 18.4 Å². The van der Waals surface area contributed by atoms with Crippen LogP contribution in [-0.2, 0) is 6.54 Å². The summed E-state index contributed by atoms with van der Waals surface area (Å²) in [7, 11) is 0. The fraction of sp³-hybridized carbons (Fsp3) is 0.542. The molecule has 0 amide bonds. The molecule has 0 spiro atoms. The van der Waals surface area contributed by atoms with Gasteiger partial charge < -0.3 is 21.1 Å². The Hall–Kier alpha value is -3.06. The van der Waals surface area contributed by atoms with Gasteiger partial charge in [-0.05, 0) is 36.2 Å². The molecular weight excluding hydrogens is 445 g/mol. The van der Waals surface area contributed by atoms with E-state index in [4.69, 9.17) is 5.73 Å². The summed E-state index contributed by atoms with van der Waals surface area (Å²) in [5, 5.41) is 15.7. The first-order valence-electron chi connectivity index (χ1n) is 11.4. The molecule has 7 nitrogen and oxygen atoms in total. The zero-order chi connectivity index (χ0) is 24.9. The molecule has 1 saturated carbocycles. The van der Waals surface area contributed by atoms with Crippen molar-refractivity contribution in [2.45, 2.75) is 59.0 Å². The number of anilines is 2. The summed E-state index contributed by atoms with van der Waals surface area (Å²) in [6.45, 7) is 7.19. The highest BCUT2D eigenvalue weighted by molar-refractivity contribution is 5.53. The predicted molar refractivity (Wildman–Crippen MR) is 124 cm³/mol. The molecule has 4 N–H and O–H groups in total. The summed E-state index contributed by atoms with van der Waals surface area (Å²) in [6, 6.07) is 8.13. The molecule has 1 aliphatic carbocycles. The first-order chi connectivity index (χ1) is 16.0. The van der Waals surface area contributed by atoms with Gasteiger partial charge in [0.05, 0.1) is 6.20 Å². The third-order valence-corrected chi connectivity index (χ3v) is 6.52. The summed E-state index contributed by atoms with van der Waals surface area (Å²) in [5.74, 6) is 1.11. The number of rotatable bonds is 8. The Morgan fingerprint density at radius 2 is 2.00 bits per heavy atom. The van der Waals surface area contributed by atoms with Crippen molar-refractivity contribution in [3.63, 3.8) is 0 Å². The molecule has 1 fully saturated rings. The van der Waals surface area contributed by atoms with Crippen LogP contribution in [-0.4, -0.2) is 28.9 Å². The van der Waals surface area contributed by atoms with Crippen LogP contribution in [0.3, 0.4) is 0 Å². The highest BCUT2D eigenvalue weighted by atomic mass is 19.4. The number of benzene rings is 1. The standard InChI is InChI=1S/C24H31F3N6O/c1-4-16-10-23(3,9-15(2)20(16)29)14-32-21-18(11-28)13-31-22(33-21)30-12-17-7-5-6-8-19(17)34-24(25,26)27/h5-8,13,15-16,20H,4,9-10,12,14,29H2,1-3H3,(H2,30,31,32,33)/t15-,16+,20+,23-/m1/s1. The number of hydrogen-bond acceptors (Lipinski definition) is 7. The third kappa shape index (κ3) is 6.50. The van der Waals surface area contributed by atoms with E-state index in [0.29, 0.717) is 35.3 Å². The van der Waals surface area contributed by atoms with E-state index >= 15 is 0 Å². The highest BCUT2D eigenvalue weighted by Gasteiger charge is 2.39. The Morgan fingerprint density at radius 3 is 2.68 bits per heavy atom. The maximum absolute atomic E-state index is 12.7. The number of ether oxygens (including phenoxy) is 1. The average molecular weight is 477 g/mol. The first-order valence-corrected chi connectivity index (χ1v) is 11.4. The molecule has 10 heteroatoms. The van der Waals surface area contributed by atoms with Crippen LogP contribution in [0.5, 0.6) is 5.75 Å². The van der Waals surface area contributed by atoms with E-state index in [1.807, 2.05) is 0 Å². The average Bonchev–Trinajstić information content (AvgIpc) is 2.78. The number of halogens is 3. The quantitative estimate of drug-likeness (QED) is 0.489. The summed E-state index contributed by atoms with van der Waals surface area (Å²) in [6.07, 6.45) is -0.425. The fourth-order valence-electron chi connectivity index (χ4n) is 4.82. The number of nitrogens with one attached hydrogen (secondary N) is 2. The molecule has 0 saturated heterocycles. The van der Waals surface area contributed by atoms with E-state index in [1.54, 1.807) is 6.07 Å². The molecule has 1 aromatic heterocycles. The number of aromatic nitrogens is 2. The zero-order valence-electron chi connectivity index (χ0n) is 19.6. The molecule has 184 valence electrons. The Morgan fingerprint density at radius 1 is 1.26 bits per heavy atom. The molecule has 0 unspecified atom stereocenters. The second kappa shape index (κ2) is 10.5. The van der Waals surface area contributed by atoms with Crippen LogP contribution < -0.4 is 21.1 Å². The maximum atomic E-state index is 12.7. The van der Waals surface area contributed by atoms with Gasteiger partial charge in [-0.2, -0.15) is 10.2 Å². The van der Waals surface area contributed by atoms with Gasteiger partial charge in [-0.1, -0.05) is 45.4 Å². The molecule has 0 radical (unpaired) electrons. The lowest BCUT2D eigenvalue weighted by molar-refractivity contribution is -0.274. The monoisotopic (exact) mass is 476 g/mol. The molecule has 3 rings (SSSR count). The van der Waals surface area contributed by atoms with Crippen molar-refractivity contribution in [2.75, 3.05) is 17.2 Å². The second-order valence-corrected chi connectivity index (χ2v) is 9.37. The molecule has 0 aliphatic heterocycles. The van der Waals surface area contributed by atoms with Crippen molar-refractivity contribution in [2.24, 2.45) is 23.0 Å². The van der Waals surface area contributed by atoms with Gasteiger partial charge in [-0.15, -0.1) is 13.2 Å². The number of alkyl halides is 3. The van der Waals surface area contributed by atoms with Crippen LogP contribution in [0.4, 0.5) is 24.9 Å².